The molecule has 0 aliphatic carbocycles. The molecule has 0 aliphatic heterocycles. The van der Waals surface area contributed by atoms with Crippen LogP contribution in [0.25, 0.3) is 0 Å². The third-order valence-corrected chi connectivity index (χ3v) is 3.91. The number of hydrogen-bond acceptors (Lipinski definition) is 3. The first-order valence-electron chi connectivity index (χ1n) is 6.15. The van der Waals surface area contributed by atoms with Crippen LogP contribution >= 0.6 is 22.6 Å². The van der Waals surface area contributed by atoms with Gasteiger partial charge in [0, 0.05) is 6.42 Å². The maximum Gasteiger partial charge on any atom is 0.140 e. The van der Waals surface area contributed by atoms with Gasteiger partial charge in [-0.1, -0.05) is 25.5 Å². The number of benzene rings is 1. The zero-order valence-electron chi connectivity index (χ0n) is 10.7. The molecule has 1 heterocycles. The lowest BCUT2D eigenvalue weighted by Crippen LogP contribution is -2.08. The molecule has 5 heteroatoms. The molecular formula is C14H15FIN3. The van der Waals surface area contributed by atoms with Crippen LogP contribution in [0, 0.1) is 9.39 Å². The molecule has 100 valence electrons. The zero-order chi connectivity index (χ0) is 13.8. The highest BCUT2D eigenvalue weighted by molar-refractivity contribution is 14.1. The minimum Gasteiger partial charge on any atom is -0.383 e. The molecule has 1 aromatic carbocycles. The fourth-order valence-electron chi connectivity index (χ4n) is 1.88. The van der Waals surface area contributed by atoms with Crippen molar-refractivity contribution in [1.82, 2.24) is 9.97 Å². The van der Waals surface area contributed by atoms with Crippen molar-refractivity contribution in [3.63, 3.8) is 0 Å². The van der Waals surface area contributed by atoms with Crippen LogP contribution in [0.2, 0.25) is 0 Å². The van der Waals surface area contributed by atoms with Crippen molar-refractivity contribution in [3.05, 3.63) is 50.7 Å². The van der Waals surface area contributed by atoms with Crippen LogP contribution in [-0.2, 0) is 12.8 Å². The van der Waals surface area contributed by atoms with Crippen LogP contribution in [0.3, 0.4) is 0 Å². The molecule has 2 rings (SSSR count). The van der Waals surface area contributed by atoms with E-state index in [0.717, 1.165) is 27.7 Å². The second-order valence-corrected chi connectivity index (χ2v) is 5.42. The average molecular weight is 371 g/mol. The summed E-state index contributed by atoms with van der Waals surface area (Å²) in [6.07, 6.45) is 2.38. The molecule has 0 fully saturated rings. The van der Waals surface area contributed by atoms with Gasteiger partial charge in [-0.2, -0.15) is 0 Å². The molecule has 0 saturated carbocycles. The average Bonchev–Trinajstić information content (AvgIpc) is 2.35. The van der Waals surface area contributed by atoms with Gasteiger partial charge in [-0.05, 0) is 46.7 Å². The van der Waals surface area contributed by atoms with E-state index in [2.05, 4.69) is 39.5 Å². The van der Waals surface area contributed by atoms with Crippen molar-refractivity contribution in [2.45, 2.75) is 26.2 Å². The van der Waals surface area contributed by atoms with E-state index in [9.17, 15) is 4.39 Å². The minimum absolute atomic E-state index is 0.246. The van der Waals surface area contributed by atoms with E-state index in [0.29, 0.717) is 18.1 Å². The molecule has 0 bridgehead atoms. The first-order chi connectivity index (χ1) is 9.10. The molecule has 0 atom stereocenters. The summed E-state index contributed by atoms with van der Waals surface area (Å²) in [4.78, 5) is 8.80. The van der Waals surface area contributed by atoms with Gasteiger partial charge in [-0.15, -0.1) is 0 Å². The summed E-state index contributed by atoms with van der Waals surface area (Å²) >= 11 is 2.17. The Balaban J connectivity index is 2.30. The van der Waals surface area contributed by atoms with Gasteiger partial charge in [-0.25, -0.2) is 14.4 Å². The Hall–Kier alpha value is -1.24. The third kappa shape index (κ3) is 3.62. The number of nitrogen functional groups attached to an aromatic ring is 1. The maximum atomic E-state index is 13.1. The molecular weight excluding hydrogens is 356 g/mol. The Morgan fingerprint density at radius 2 is 2.11 bits per heavy atom. The molecule has 2 N–H and O–H groups in total. The largest absolute Gasteiger partial charge is 0.383 e. The van der Waals surface area contributed by atoms with Crippen molar-refractivity contribution in [3.8, 4) is 0 Å². The summed E-state index contributed by atoms with van der Waals surface area (Å²) in [5.41, 5.74) is 7.73. The molecule has 19 heavy (non-hydrogen) atoms. The van der Waals surface area contributed by atoms with Gasteiger partial charge in [0.1, 0.15) is 17.5 Å². The Morgan fingerprint density at radius 1 is 1.32 bits per heavy atom. The van der Waals surface area contributed by atoms with Crippen molar-refractivity contribution >= 4 is 28.4 Å². The molecule has 0 aliphatic rings. The highest BCUT2D eigenvalue weighted by Crippen LogP contribution is 2.19. The second kappa shape index (κ2) is 6.27. The van der Waals surface area contributed by atoms with Crippen molar-refractivity contribution in [2.24, 2.45) is 0 Å². The van der Waals surface area contributed by atoms with Crippen LogP contribution in [0.15, 0.2) is 24.3 Å². The lowest BCUT2D eigenvalue weighted by Gasteiger charge is -2.08. The lowest BCUT2D eigenvalue weighted by atomic mass is 10.1. The lowest BCUT2D eigenvalue weighted by molar-refractivity contribution is 0.625. The highest BCUT2D eigenvalue weighted by atomic mass is 127. The van der Waals surface area contributed by atoms with Gasteiger partial charge < -0.3 is 5.73 Å². The highest BCUT2D eigenvalue weighted by Gasteiger charge is 2.10. The predicted molar refractivity (Wildman–Crippen MR) is 82.4 cm³/mol. The van der Waals surface area contributed by atoms with Gasteiger partial charge in [-0.3, -0.25) is 0 Å². The van der Waals surface area contributed by atoms with E-state index in [1.54, 1.807) is 6.07 Å². The van der Waals surface area contributed by atoms with Crippen molar-refractivity contribution < 1.29 is 4.39 Å². The molecule has 1 aromatic heterocycles. The number of halogens is 2. The summed E-state index contributed by atoms with van der Waals surface area (Å²) in [7, 11) is 0. The first-order valence-corrected chi connectivity index (χ1v) is 7.23. The Labute approximate surface area is 125 Å². The van der Waals surface area contributed by atoms with Crippen LogP contribution < -0.4 is 5.73 Å². The Kier molecular flexibility index (Phi) is 4.68. The van der Waals surface area contributed by atoms with E-state index in [1.807, 2.05) is 6.07 Å². The van der Waals surface area contributed by atoms with Crippen LogP contribution in [0.4, 0.5) is 10.2 Å². The monoisotopic (exact) mass is 371 g/mol. The summed E-state index contributed by atoms with van der Waals surface area (Å²) in [6, 6.07) is 6.47. The Morgan fingerprint density at radius 3 is 2.79 bits per heavy atom. The molecule has 2 aromatic rings. The number of rotatable bonds is 4. The van der Waals surface area contributed by atoms with Gasteiger partial charge in [0.05, 0.1) is 9.26 Å². The van der Waals surface area contributed by atoms with E-state index in [1.165, 1.54) is 12.1 Å². The summed E-state index contributed by atoms with van der Waals surface area (Å²) in [5.74, 6) is 0.905. The zero-order valence-corrected chi connectivity index (χ0v) is 12.8. The van der Waals surface area contributed by atoms with Gasteiger partial charge >= 0.3 is 0 Å². The quantitative estimate of drug-likeness (QED) is 0.839. The summed E-state index contributed by atoms with van der Waals surface area (Å²) in [5, 5.41) is 0. The molecule has 0 saturated heterocycles. The second-order valence-electron chi connectivity index (χ2n) is 4.34. The normalized spacial score (nSPS) is 10.7. The molecule has 0 unspecified atom stereocenters. The SMILES string of the molecule is CCCc1nc(Cc2cccc(F)c2)nc(N)c1I. The summed E-state index contributed by atoms with van der Waals surface area (Å²) in [6.45, 7) is 2.10. The fraction of sp³-hybridized carbons (Fsp3) is 0.286. The van der Waals surface area contributed by atoms with E-state index < -0.39 is 0 Å². The standard InChI is InChI=1S/C14H15FIN3/c1-2-4-11-13(16)14(17)19-12(18-11)8-9-5-3-6-10(15)7-9/h3,5-7H,2,4,8H2,1H3,(H2,17,18,19). The molecule has 0 radical (unpaired) electrons. The van der Waals surface area contributed by atoms with Gasteiger partial charge in [0.15, 0.2) is 0 Å². The number of anilines is 1. The fourth-order valence-corrected chi connectivity index (χ4v) is 2.39. The van der Waals surface area contributed by atoms with E-state index >= 15 is 0 Å². The minimum atomic E-state index is -0.246. The predicted octanol–water partition coefficient (Wildman–Crippen LogP) is 3.35. The number of nitrogens with zero attached hydrogens (tertiary/aromatic N) is 2. The molecule has 0 spiro atoms. The molecule has 0 amide bonds. The smallest absolute Gasteiger partial charge is 0.140 e. The summed E-state index contributed by atoms with van der Waals surface area (Å²) < 4.78 is 14.1. The van der Waals surface area contributed by atoms with E-state index in [4.69, 9.17) is 5.73 Å². The number of hydrogen-bond donors (Lipinski definition) is 1. The maximum absolute atomic E-state index is 13.1. The van der Waals surface area contributed by atoms with Crippen molar-refractivity contribution in [2.75, 3.05) is 5.73 Å². The molecule has 3 nitrogen and oxygen atoms in total. The van der Waals surface area contributed by atoms with Crippen LogP contribution in [-0.4, -0.2) is 9.97 Å². The van der Waals surface area contributed by atoms with Gasteiger partial charge in [0.2, 0.25) is 0 Å². The van der Waals surface area contributed by atoms with Crippen LogP contribution in [0.5, 0.6) is 0 Å². The number of aromatic nitrogens is 2. The third-order valence-electron chi connectivity index (χ3n) is 2.73. The van der Waals surface area contributed by atoms with E-state index in [-0.39, 0.29) is 5.82 Å². The first kappa shape index (κ1) is 14.2. The number of aryl methyl sites for hydroxylation is 1. The van der Waals surface area contributed by atoms with Crippen molar-refractivity contribution in [1.29, 1.82) is 0 Å². The Bertz CT molecular complexity index is 587. The topological polar surface area (TPSA) is 51.8 Å². The number of nitrogens with two attached hydrogens (primary N) is 1. The van der Waals surface area contributed by atoms with Crippen LogP contribution in [0.1, 0.15) is 30.4 Å². The van der Waals surface area contributed by atoms with Gasteiger partial charge in [0.25, 0.3) is 0 Å².